The van der Waals surface area contributed by atoms with E-state index in [0.717, 1.165) is 0 Å². The monoisotopic (exact) mass is 270 g/mol. The first kappa shape index (κ1) is 14.3. The fourth-order valence-electron chi connectivity index (χ4n) is 1.13. The smallest absolute Gasteiger partial charge is 0.269 e. The number of non-ortho nitro benzene ring substituents is 1. The van der Waals surface area contributed by atoms with Gasteiger partial charge in [-0.15, -0.1) is 0 Å². The second-order valence-corrected chi connectivity index (χ2v) is 2.90. The minimum atomic E-state index is -0.528. The second-order valence-electron chi connectivity index (χ2n) is 2.90. The molecule has 1 aromatic carbocycles. The van der Waals surface area contributed by atoms with Crippen LogP contribution in [0.1, 0.15) is 12.5 Å². The van der Waals surface area contributed by atoms with Crippen molar-refractivity contribution in [2.75, 3.05) is 0 Å². The Labute approximate surface area is 102 Å². The molecule has 5 nitrogen and oxygen atoms in total. The number of ketones is 1. The number of nitro benzene ring substituents is 1. The van der Waals surface area contributed by atoms with Crippen molar-refractivity contribution in [2.24, 2.45) is 0 Å². The van der Waals surface area contributed by atoms with Crippen molar-refractivity contribution in [1.29, 1.82) is 0 Å². The van der Waals surface area contributed by atoms with Gasteiger partial charge in [0.25, 0.3) is 5.69 Å². The molecule has 0 spiro atoms. The molecule has 0 saturated carbocycles. The Morgan fingerprint density at radius 1 is 1.38 bits per heavy atom. The SMILES string of the molecule is CC(=O)/C(=C\O)c1ccc([N+](=O)[O-])cc1.[Cu]. The summed E-state index contributed by atoms with van der Waals surface area (Å²) in [4.78, 5) is 20.9. The van der Waals surface area contributed by atoms with Gasteiger partial charge in [0.05, 0.1) is 16.8 Å². The van der Waals surface area contributed by atoms with Crippen molar-refractivity contribution in [3.8, 4) is 0 Å². The van der Waals surface area contributed by atoms with E-state index >= 15 is 0 Å². The third kappa shape index (κ3) is 3.18. The zero-order valence-electron chi connectivity index (χ0n) is 8.31. The summed E-state index contributed by atoms with van der Waals surface area (Å²) in [5.41, 5.74) is 0.528. The number of nitrogens with zero attached hydrogens (tertiary/aromatic N) is 1. The summed E-state index contributed by atoms with van der Waals surface area (Å²) in [6.07, 6.45) is 0.698. The van der Waals surface area contributed by atoms with E-state index < -0.39 is 4.92 Å². The summed E-state index contributed by atoms with van der Waals surface area (Å²) in [6, 6.07) is 5.40. The van der Waals surface area contributed by atoms with Crippen LogP contribution in [0.5, 0.6) is 0 Å². The molecule has 0 amide bonds. The minimum Gasteiger partial charge on any atom is -0.515 e. The van der Waals surface area contributed by atoms with Crippen LogP contribution in [0.3, 0.4) is 0 Å². The molecule has 6 heteroatoms. The molecule has 0 aliphatic heterocycles. The van der Waals surface area contributed by atoms with Gasteiger partial charge in [0.2, 0.25) is 0 Å². The Morgan fingerprint density at radius 3 is 2.19 bits per heavy atom. The maximum atomic E-state index is 11.0. The van der Waals surface area contributed by atoms with E-state index in [2.05, 4.69) is 0 Å². The number of nitro groups is 1. The van der Waals surface area contributed by atoms with Gasteiger partial charge in [0, 0.05) is 29.2 Å². The molecule has 0 unspecified atom stereocenters. The van der Waals surface area contributed by atoms with E-state index in [0.29, 0.717) is 11.8 Å². The molecule has 16 heavy (non-hydrogen) atoms. The largest absolute Gasteiger partial charge is 0.515 e. The molecule has 0 heterocycles. The van der Waals surface area contributed by atoms with Crippen LogP contribution in [0.15, 0.2) is 30.5 Å². The van der Waals surface area contributed by atoms with Crippen molar-refractivity contribution >= 4 is 17.0 Å². The van der Waals surface area contributed by atoms with Crippen molar-refractivity contribution in [1.82, 2.24) is 0 Å². The molecule has 0 bridgehead atoms. The number of allylic oxidation sites excluding steroid dienone is 1. The van der Waals surface area contributed by atoms with E-state index in [4.69, 9.17) is 5.11 Å². The summed E-state index contributed by atoms with van der Waals surface area (Å²) < 4.78 is 0. The molecule has 89 valence electrons. The summed E-state index contributed by atoms with van der Waals surface area (Å²) >= 11 is 0. The Morgan fingerprint density at radius 2 is 1.88 bits per heavy atom. The molecular formula is C10H9CuNO4. The first-order valence-electron chi connectivity index (χ1n) is 4.16. The fourth-order valence-corrected chi connectivity index (χ4v) is 1.13. The van der Waals surface area contributed by atoms with E-state index in [1.807, 2.05) is 0 Å². The van der Waals surface area contributed by atoms with Crippen molar-refractivity contribution < 1.29 is 31.9 Å². The third-order valence-corrected chi connectivity index (χ3v) is 1.90. The predicted octanol–water partition coefficient (Wildman–Crippen LogP) is 2.08. The maximum absolute atomic E-state index is 11.0. The Kier molecular flexibility index (Phi) is 5.42. The number of benzene rings is 1. The molecule has 0 saturated heterocycles. The summed E-state index contributed by atoms with van der Waals surface area (Å²) in [5, 5.41) is 19.2. The molecule has 0 aliphatic carbocycles. The van der Waals surface area contributed by atoms with Crippen LogP contribution in [0.25, 0.3) is 5.57 Å². The normalized spacial score (nSPS) is 10.4. The van der Waals surface area contributed by atoms with E-state index in [1.54, 1.807) is 0 Å². The predicted molar refractivity (Wildman–Crippen MR) is 54.4 cm³/mol. The first-order valence-corrected chi connectivity index (χ1v) is 4.16. The van der Waals surface area contributed by atoms with Gasteiger partial charge >= 0.3 is 0 Å². The standard InChI is InChI=1S/C10H9NO4.Cu/c1-7(13)10(6-12)8-2-4-9(5-3-8)11(14)15;/h2-6,12H,1H3;/b10-6+;. The number of carbonyl (C=O) groups excluding carboxylic acids is 1. The van der Waals surface area contributed by atoms with Crippen LogP contribution < -0.4 is 0 Å². The summed E-state index contributed by atoms with van der Waals surface area (Å²) in [7, 11) is 0. The van der Waals surface area contributed by atoms with Gasteiger partial charge in [-0.25, -0.2) is 0 Å². The van der Waals surface area contributed by atoms with Crippen LogP contribution in [0.2, 0.25) is 0 Å². The molecule has 1 aromatic rings. The van der Waals surface area contributed by atoms with Crippen LogP contribution in [-0.4, -0.2) is 15.8 Å². The average Bonchev–Trinajstić information content (AvgIpc) is 2.19. The summed E-state index contributed by atoms with van der Waals surface area (Å²) in [6.45, 7) is 1.31. The Balaban J connectivity index is 0.00000225. The van der Waals surface area contributed by atoms with Gasteiger partial charge in [-0.3, -0.25) is 14.9 Å². The van der Waals surface area contributed by atoms with Crippen LogP contribution in [0, 0.1) is 10.1 Å². The molecule has 1 radical (unpaired) electrons. The molecule has 1 rings (SSSR count). The Hall–Kier alpha value is -1.65. The van der Waals surface area contributed by atoms with E-state index in [1.165, 1.54) is 31.2 Å². The Bertz CT molecular complexity index is 425. The zero-order valence-corrected chi connectivity index (χ0v) is 9.25. The molecule has 0 atom stereocenters. The van der Waals surface area contributed by atoms with Crippen molar-refractivity contribution in [2.45, 2.75) is 6.92 Å². The number of carbonyl (C=O) groups is 1. The first-order chi connectivity index (χ1) is 7.06. The topological polar surface area (TPSA) is 80.4 Å². The average molecular weight is 271 g/mol. The number of aliphatic hydroxyl groups is 1. The van der Waals surface area contributed by atoms with E-state index in [-0.39, 0.29) is 34.1 Å². The second kappa shape index (κ2) is 6.05. The quantitative estimate of drug-likeness (QED) is 0.300. The number of rotatable bonds is 3. The number of hydrogen-bond donors (Lipinski definition) is 1. The van der Waals surface area contributed by atoms with Crippen LogP contribution >= 0.6 is 0 Å². The van der Waals surface area contributed by atoms with Crippen LogP contribution in [-0.2, 0) is 21.9 Å². The maximum Gasteiger partial charge on any atom is 0.269 e. The van der Waals surface area contributed by atoms with Gasteiger partial charge in [0.15, 0.2) is 5.78 Å². The van der Waals surface area contributed by atoms with Gasteiger partial charge in [-0.1, -0.05) is 0 Å². The molecule has 0 aliphatic rings. The number of Topliss-reactive ketones (excluding diaryl/α,β-unsaturated/α-hetero) is 1. The van der Waals surface area contributed by atoms with Gasteiger partial charge in [-0.05, 0) is 24.6 Å². The van der Waals surface area contributed by atoms with Gasteiger partial charge in [0.1, 0.15) is 0 Å². The minimum absolute atomic E-state index is 0. The number of hydrogen-bond acceptors (Lipinski definition) is 4. The molecule has 1 N–H and O–H groups in total. The van der Waals surface area contributed by atoms with E-state index in [9.17, 15) is 14.9 Å². The van der Waals surface area contributed by atoms with Crippen LogP contribution in [0.4, 0.5) is 5.69 Å². The summed E-state index contributed by atoms with van der Waals surface area (Å²) in [5.74, 6) is -0.300. The third-order valence-electron chi connectivity index (χ3n) is 1.90. The van der Waals surface area contributed by atoms with Gasteiger partial charge < -0.3 is 5.11 Å². The fraction of sp³-hybridized carbons (Fsp3) is 0.100. The van der Waals surface area contributed by atoms with Gasteiger partial charge in [-0.2, -0.15) is 0 Å². The number of aliphatic hydroxyl groups excluding tert-OH is 1. The molecule has 0 aromatic heterocycles. The molecular weight excluding hydrogens is 262 g/mol. The van der Waals surface area contributed by atoms with Crippen molar-refractivity contribution in [3.05, 3.63) is 46.2 Å². The molecule has 0 fully saturated rings. The van der Waals surface area contributed by atoms with Crippen molar-refractivity contribution in [3.63, 3.8) is 0 Å². The zero-order chi connectivity index (χ0) is 11.4.